The number of nitrogens with one attached hydrogen (secondary N) is 1. The summed E-state index contributed by atoms with van der Waals surface area (Å²) < 4.78 is 26.7. The van der Waals surface area contributed by atoms with Gasteiger partial charge in [-0.1, -0.05) is 13.8 Å². The third-order valence-electron chi connectivity index (χ3n) is 3.98. The second-order valence-corrected chi connectivity index (χ2v) is 8.74. The molecule has 0 amide bonds. The lowest BCUT2D eigenvalue weighted by Gasteiger charge is -2.23. The van der Waals surface area contributed by atoms with E-state index in [1.54, 1.807) is 7.05 Å². The van der Waals surface area contributed by atoms with Crippen LogP contribution in [0.4, 0.5) is 0 Å². The van der Waals surface area contributed by atoms with E-state index in [9.17, 15) is 8.42 Å². The van der Waals surface area contributed by atoms with E-state index in [0.717, 1.165) is 19.3 Å². The number of thioether (sulfide) groups is 1. The Balaban J connectivity index is 2.17. The van der Waals surface area contributed by atoms with Crippen LogP contribution < -0.4 is 0 Å². The largest absolute Gasteiger partial charge is 0.332 e. The fourth-order valence-corrected chi connectivity index (χ4v) is 4.66. The zero-order valence-electron chi connectivity index (χ0n) is 12.5. The molecule has 2 rings (SSSR count). The second kappa shape index (κ2) is 6.07. The highest BCUT2D eigenvalue weighted by atomic mass is 32.2. The molecule has 1 saturated carbocycles. The average Bonchev–Trinajstić information content (AvgIpc) is 3.06. The number of sulfonamides is 1. The highest BCUT2D eigenvalue weighted by Crippen LogP contribution is 2.33. The van der Waals surface area contributed by atoms with Gasteiger partial charge < -0.3 is 4.98 Å². The van der Waals surface area contributed by atoms with Crippen LogP contribution in [0.15, 0.2) is 11.2 Å². The minimum Gasteiger partial charge on any atom is -0.332 e. The van der Waals surface area contributed by atoms with E-state index in [4.69, 9.17) is 0 Å². The van der Waals surface area contributed by atoms with Gasteiger partial charge in [0.25, 0.3) is 10.0 Å². The van der Waals surface area contributed by atoms with Crippen LogP contribution in [-0.2, 0) is 10.0 Å². The van der Waals surface area contributed by atoms with Crippen LogP contribution in [-0.4, -0.2) is 47.3 Å². The summed E-state index contributed by atoms with van der Waals surface area (Å²) in [5, 5.41) is 0.780. The second-order valence-electron chi connectivity index (χ2n) is 5.63. The van der Waals surface area contributed by atoms with Crippen molar-refractivity contribution < 1.29 is 8.42 Å². The Morgan fingerprint density at radius 1 is 1.45 bits per heavy atom. The number of aromatic nitrogens is 2. The zero-order valence-corrected chi connectivity index (χ0v) is 14.1. The molecule has 20 heavy (non-hydrogen) atoms. The van der Waals surface area contributed by atoms with Crippen molar-refractivity contribution in [3.8, 4) is 0 Å². The van der Waals surface area contributed by atoms with Gasteiger partial charge in [0, 0.05) is 24.3 Å². The summed E-state index contributed by atoms with van der Waals surface area (Å²) in [5.74, 6) is 0.905. The van der Waals surface area contributed by atoms with E-state index >= 15 is 0 Å². The summed E-state index contributed by atoms with van der Waals surface area (Å²) in [6.45, 7) is 3.97. The van der Waals surface area contributed by atoms with Crippen LogP contribution in [0.2, 0.25) is 0 Å². The standard InChI is InChI=1S/C13H23N3O2S2/c1-9(2)13-14-8-12(15-13)20(17,18)16(3)10-5-6-11(7-10)19-4/h8-11H,5-7H2,1-4H3,(H,14,15)/t10-,11-/m1/s1. The Morgan fingerprint density at radius 3 is 2.65 bits per heavy atom. The first-order valence-corrected chi connectivity index (χ1v) is 9.64. The third kappa shape index (κ3) is 3.04. The van der Waals surface area contributed by atoms with Crippen LogP contribution in [0.1, 0.15) is 44.9 Å². The lowest BCUT2D eigenvalue weighted by molar-refractivity contribution is 0.372. The van der Waals surface area contributed by atoms with Gasteiger partial charge in [0.05, 0.1) is 6.20 Å². The topological polar surface area (TPSA) is 66.1 Å². The molecule has 0 aliphatic heterocycles. The predicted octanol–water partition coefficient (Wildman–Crippen LogP) is 2.44. The summed E-state index contributed by atoms with van der Waals surface area (Å²) in [6.07, 6.45) is 6.48. The van der Waals surface area contributed by atoms with Gasteiger partial charge in [0.15, 0.2) is 5.03 Å². The van der Waals surface area contributed by atoms with E-state index in [1.807, 2.05) is 25.6 Å². The highest BCUT2D eigenvalue weighted by Gasteiger charge is 2.34. The molecule has 1 aromatic heterocycles. The van der Waals surface area contributed by atoms with E-state index in [-0.39, 0.29) is 17.0 Å². The zero-order chi connectivity index (χ0) is 14.9. The summed E-state index contributed by atoms with van der Waals surface area (Å²) in [6, 6.07) is 0.100. The van der Waals surface area contributed by atoms with Crippen LogP contribution in [0.5, 0.6) is 0 Å². The first-order chi connectivity index (χ1) is 9.36. The van der Waals surface area contributed by atoms with Gasteiger partial charge in [-0.05, 0) is 25.5 Å². The number of aromatic amines is 1. The Bertz CT molecular complexity index is 554. The molecule has 1 aliphatic carbocycles. The Morgan fingerprint density at radius 2 is 2.15 bits per heavy atom. The van der Waals surface area contributed by atoms with Crippen LogP contribution in [0.25, 0.3) is 0 Å². The summed E-state index contributed by atoms with van der Waals surface area (Å²) in [7, 11) is -1.78. The Hall–Kier alpha value is -0.530. The molecule has 0 unspecified atom stereocenters. The van der Waals surface area contributed by atoms with Gasteiger partial charge in [-0.15, -0.1) is 0 Å². The van der Waals surface area contributed by atoms with Crippen LogP contribution >= 0.6 is 11.8 Å². The van der Waals surface area contributed by atoms with E-state index < -0.39 is 10.0 Å². The van der Waals surface area contributed by atoms with Crippen molar-refractivity contribution in [3.63, 3.8) is 0 Å². The molecule has 0 spiro atoms. The maximum absolute atomic E-state index is 12.6. The Kier molecular flexibility index (Phi) is 4.81. The molecule has 0 radical (unpaired) electrons. The summed E-state index contributed by atoms with van der Waals surface area (Å²) >= 11 is 1.83. The molecule has 5 nitrogen and oxygen atoms in total. The van der Waals surface area contributed by atoms with Crippen molar-refractivity contribution in [2.75, 3.05) is 13.3 Å². The number of imidazole rings is 1. The van der Waals surface area contributed by atoms with Gasteiger partial charge in [0.2, 0.25) is 0 Å². The molecule has 1 aliphatic rings. The smallest absolute Gasteiger partial charge is 0.260 e. The van der Waals surface area contributed by atoms with Crippen LogP contribution in [0, 0.1) is 0 Å². The lowest BCUT2D eigenvalue weighted by Crippen LogP contribution is -2.35. The van der Waals surface area contributed by atoms with E-state index in [0.29, 0.717) is 11.1 Å². The molecular formula is C13H23N3O2S2. The monoisotopic (exact) mass is 317 g/mol. The van der Waals surface area contributed by atoms with Crippen molar-refractivity contribution in [2.45, 2.75) is 55.3 Å². The van der Waals surface area contributed by atoms with Gasteiger partial charge in [-0.25, -0.2) is 13.4 Å². The summed E-state index contributed by atoms with van der Waals surface area (Å²) in [5.41, 5.74) is 0. The first kappa shape index (κ1) is 15.9. The van der Waals surface area contributed by atoms with Gasteiger partial charge in [-0.3, -0.25) is 0 Å². The maximum Gasteiger partial charge on any atom is 0.260 e. The van der Waals surface area contributed by atoms with Gasteiger partial charge >= 0.3 is 0 Å². The first-order valence-electron chi connectivity index (χ1n) is 6.92. The van der Waals surface area contributed by atoms with Crippen molar-refractivity contribution in [2.24, 2.45) is 0 Å². The molecule has 0 bridgehead atoms. The number of hydrogen-bond acceptors (Lipinski definition) is 4. The van der Waals surface area contributed by atoms with E-state index in [1.165, 1.54) is 10.5 Å². The molecular weight excluding hydrogens is 294 g/mol. The molecule has 114 valence electrons. The molecule has 0 saturated heterocycles. The normalized spacial score (nSPS) is 23.9. The highest BCUT2D eigenvalue weighted by molar-refractivity contribution is 7.99. The minimum atomic E-state index is -3.46. The molecule has 7 heteroatoms. The van der Waals surface area contributed by atoms with Crippen molar-refractivity contribution in [3.05, 3.63) is 12.0 Å². The predicted molar refractivity (Wildman–Crippen MR) is 82.6 cm³/mol. The number of nitrogens with zero attached hydrogens (tertiary/aromatic N) is 2. The van der Waals surface area contributed by atoms with Crippen molar-refractivity contribution >= 4 is 21.8 Å². The van der Waals surface area contributed by atoms with E-state index in [2.05, 4.69) is 16.2 Å². The van der Waals surface area contributed by atoms with Crippen molar-refractivity contribution in [1.82, 2.24) is 14.3 Å². The SMILES string of the molecule is CS[C@@H]1CC[C@@H](N(C)S(=O)(=O)c2cnc(C(C)C)[nH]2)C1. The molecule has 1 fully saturated rings. The molecule has 2 atom stereocenters. The molecule has 1 heterocycles. The number of H-pyrrole nitrogens is 1. The van der Waals surface area contributed by atoms with Crippen LogP contribution in [0.3, 0.4) is 0 Å². The molecule has 0 aromatic carbocycles. The number of hydrogen-bond donors (Lipinski definition) is 1. The molecule has 1 aromatic rings. The molecule has 1 N–H and O–H groups in total. The Labute approximate surface area is 125 Å². The summed E-state index contributed by atoms with van der Waals surface area (Å²) in [4.78, 5) is 7.09. The minimum absolute atomic E-state index is 0.100. The van der Waals surface area contributed by atoms with Gasteiger partial charge in [-0.2, -0.15) is 16.1 Å². The van der Waals surface area contributed by atoms with Crippen molar-refractivity contribution in [1.29, 1.82) is 0 Å². The lowest BCUT2D eigenvalue weighted by atomic mass is 10.2. The fourth-order valence-electron chi connectivity index (χ4n) is 2.56. The average molecular weight is 317 g/mol. The quantitative estimate of drug-likeness (QED) is 0.906. The maximum atomic E-state index is 12.6. The third-order valence-corrected chi connectivity index (χ3v) is 6.89. The number of rotatable bonds is 5. The van der Waals surface area contributed by atoms with Gasteiger partial charge in [0.1, 0.15) is 5.82 Å². The fraction of sp³-hybridized carbons (Fsp3) is 0.769.